The zero-order valence-corrected chi connectivity index (χ0v) is 14.3. The zero-order valence-electron chi connectivity index (χ0n) is 12.6. The highest BCUT2D eigenvalue weighted by molar-refractivity contribution is 7.71. The number of fused-ring (bicyclic) bond motifs is 1. The van der Waals surface area contributed by atoms with Crippen LogP contribution in [-0.2, 0) is 11.2 Å². The minimum Gasteiger partial charge on any atom is -0.335 e. The normalized spacial score (nSPS) is 11.6. The molecule has 9 heteroatoms. The van der Waals surface area contributed by atoms with Gasteiger partial charge >= 0.3 is 0 Å². The molecule has 0 bridgehead atoms. The SMILES string of the molecule is C/C(=N/NC(=O)Cc1cc(=O)[nH]c(=S)[nH]1)c1nc2ccccc2s1. The van der Waals surface area contributed by atoms with Crippen molar-refractivity contribution in [1.82, 2.24) is 20.4 Å². The first kappa shape index (κ1) is 16.2. The van der Waals surface area contributed by atoms with Crippen molar-refractivity contribution in [3.8, 4) is 0 Å². The van der Waals surface area contributed by atoms with Gasteiger partial charge in [-0.05, 0) is 31.3 Å². The highest BCUT2D eigenvalue weighted by Gasteiger charge is 2.08. The number of H-pyrrole nitrogens is 2. The van der Waals surface area contributed by atoms with Gasteiger partial charge in [0.2, 0.25) is 5.91 Å². The summed E-state index contributed by atoms with van der Waals surface area (Å²) >= 11 is 6.37. The molecule has 0 aliphatic rings. The minimum atomic E-state index is -0.355. The third-order valence-electron chi connectivity index (χ3n) is 3.12. The molecule has 0 radical (unpaired) electrons. The Morgan fingerprint density at radius 1 is 1.38 bits per heavy atom. The number of amides is 1. The summed E-state index contributed by atoms with van der Waals surface area (Å²) in [6.45, 7) is 1.78. The molecule has 122 valence electrons. The number of thiazole rings is 1. The van der Waals surface area contributed by atoms with Crippen molar-refractivity contribution in [2.45, 2.75) is 13.3 Å². The van der Waals surface area contributed by atoms with Gasteiger partial charge < -0.3 is 4.98 Å². The zero-order chi connectivity index (χ0) is 17.1. The number of nitrogens with zero attached hydrogens (tertiary/aromatic N) is 2. The van der Waals surface area contributed by atoms with E-state index in [1.807, 2.05) is 24.3 Å². The van der Waals surface area contributed by atoms with Gasteiger partial charge in [-0.15, -0.1) is 11.3 Å². The van der Waals surface area contributed by atoms with E-state index in [1.54, 1.807) is 6.92 Å². The largest absolute Gasteiger partial charge is 0.335 e. The molecule has 0 aliphatic heterocycles. The molecule has 0 saturated carbocycles. The molecule has 2 aromatic heterocycles. The minimum absolute atomic E-state index is 0.0236. The van der Waals surface area contributed by atoms with Gasteiger partial charge in [-0.2, -0.15) is 5.10 Å². The van der Waals surface area contributed by atoms with Crippen molar-refractivity contribution < 1.29 is 4.79 Å². The van der Waals surface area contributed by atoms with Crippen molar-refractivity contribution in [2.75, 3.05) is 0 Å². The molecule has 3 N–H and O–H groups in total. The maximum atomic E-state index is 11.9. The average molecular weight is 359 g/mol. The first-order valence-corrected chi connectivity index (χ1v) is 8.25. The van der Waals surface area contributed by atoms with Crippen LogP contribution in [0.4, 0.5) is 0 Å². The molecule has 3 aromatic rings. The Bertz CT molecular complexity index is 986. The fraction of sp³-hybridized carbons (Fsp3) is 0.133. The van der Waals surface area contributed by atoms with Gasteiger partial charge in [0.05, 0.1) is 22.3 Å². The second-order valence-corrected chi connectivity index (χ2v) is 6.45. The second-order valence-electron chi connectivity index (χ2n) is 5.01. The topological polar surface area (TPSA) is 103 Å². The number of para-hydroxylation sites is 1. The lowest BCUT2D eigenvalue weighted by atomic mass is 10.3. The van der Waals surface area contributed by atoms with Gasteiger partial charge in [0, 0.05) is 11.8 Å². The molecule has 0 aliphatic carbocycles. The number of nitrogens with one attached hydrogen (secondary N) is 3. The maximum absolute atomic E-state index is 11.9. The van der Waals surface area contributed by atoms with Crippen molar-refractivity contribution in [1.29, 1.82) is 0 Å². The van der Waals surface area contributed by atoms with Gasteiger partial charge in [0.25, 0.3) is 5.56 Å². The summed E-state index contributed by atoms with van der Waals surface area (Å²) < 4.78 is 1.24. The molecule has 1 aromatic carbocycles. The van der Waals surface area contributed by atoms with Crippen LogP contribution in [0.25, 0.3) is 10.2 Å². The Morgan fingerprint density at radius 2 is 2.17 bits per heavy atom. The highest BCUT2D eigenvalue weighted by atomic mass is 32.1. The number of rotatable bonds is 4. The van der Waals surface area contributed by atoms with Gasteiger partial charge in [-0.25, -0.2) is 10.4 Å². The van der Waals surface area contributed by atoms with E-state index in [4.69, 9.17) is 12.2 Å². The van der Waals surface area contributed by atoms with E-state index in [-0.39, 0.29) is 22.7 Å². The Labute approximate surface area is 145 Å². The Balaban J connectivity index is 1.70. The fourth-order valence-electron chi connectivity index (χ4n) is 2.05. The number of benzene rings is 1. The van der Waals surface area contributed by atoms with Crippen molar-refractivity contribution in [2.24, 2.45) is 5.10 Å². The van der Waals surface area contributed by atoms with Crippen LogP contribution < -0.4 is 11.0 Å². The third kappa shape index (κ3) is 3.81. The molecule has 0 atom stereocenters. The molecule has 7 nitrogen and oxygen atoms in total. The Morgan fingerprint density at radius 3 is 2.92 bits per heavy atom. The summed E-state index contributed by atoms with van der Waals surface area (Å²) in [6, 6.07) is 9.07. The number of carbonyl (C=O) groups excluding carboxylic acids is 1. The fourth-order valence-corrected chi connectivity index (χ4v) is 3.19. The van der Waals surface area contributed by atoms with Crippen LogP contribution in [0.2, 0.25) is 0 Å². The van der Waals surface area contributed by atoms with Crippen LogP contribution >= 0.6 is 23.6 Å². The van der Waals surface area contributed by atoms with E-state index in [9.17, 15) is 9.59 Å². The quantitative estimate of drug-likeness (QED) is 0.377. The molecule has 2 heterocycles. The van der Waals surface area contributed by atoms with Crippen LogP contribution in [0.1, 0.15) is 17.6 Å². The van der Waals surface area contributed by atoms with E-state index < -0.39 is 0 Å². The van der Waals surface area contributed by atoms with Crippen LogP contribution in [0.3, 0.4) is 0 Å². The maximum Gasteiger partial charge on any atom is 0.251 e. The first-order valence-electron chi connectivity index (χ1n) is 7.03. The number of carbonyl (C=O) groups is 1. The molecule has 0 saturated heterocycles. The number of hydrogen-bond donors (Lipinski definition) is 3. The van der Waals surface area contributed by atoms with Gasteiger partial charge in [-0.1, -0.05) is 12.1 Å². The highest BCUT2D eigenvalue weighted by Crippen LogP contribution is 2.21. The molecular weight excluding hydrogens is 346 g/mol. The summed E-state index contributed by atoms with van der Waals surface area (Å²) in [5.74, 6) is -0.355. The first-order chi connectivity index (χ1) is 11.5. The van der Waals surface area contributed by atoms with Crippen LogP contribution in [0, 0.1) is 4.77 Å². The smallest absolute Gasteiger partial charge is 0.251 e. The number of aromatic nitrogens is 3. The van der Waals surface area contributed by atoms with Crippen molar-refractivity contribution >= 4 is 45.4 Å². The predicted molar refractivity (Wildman–Crippen MR) is 95.9 cm³/mol. The Kier molecular flexibility index (Phi) is 4.63. The van der Waals surface area contributed by atoms with E-state index in [0.717, 1.165) is 15.2 Å². The number of hydrogen-bond acceptors (Lipinski definition) is 6. The predicted octanol–water partition coefficient (Wildman–Crippen LogP) is 2.13. The Hall–Kier alpha value is -2.65. The third-order valence-corrected chi connectivity index (χ3v) is 4.47. The van der Waals surface area contributed by atoms with Gasteiger partial charge in [0.1, 0.15) is 5.01 Å². The monoisotopic (exact) mass is 359 g/mol. The average Bonchev–Trinajstić information content (AvgIpc) is 2.95. The summed E-state index contributed by atoms with van der Waals surface area (Å²) in [5.41, 5.74) is 4.05. The molecular formula is C15H13N5O2S2. The second kappa shape index (κ2) is 6.85. The standard InChI is InChI=1S/C15H13N5O2S2/c1-8(14-17-10-4-2-3-5-11(10)24-14)19-20-13(22)7-9-6-12(21)18-15(23)16-9/h2-6H,7H2,1H3,(H,20,22)(H2,16,18,21,23)/b19-8-. The van der Waals surface area contributed by atoms with E-state index >= 15 is 0 Å². The van der Waals surface area contributed by atoms with Crippen LogP contribution in [0.15, 0.2) is 40.2 Å². The molecule has 0 fully saturated rings. The van der Waals surface area contributed by atoms with Crippen molar-refractivity contribution in [3.63, 3.8) is 0 Å². The summed E-state index contributed by atoms with van der Waals surface area (Å²) in [5, 5.41) is 4.81. The van der Waals surface area contributed by atoms with Crippen LogP contribution in [0.5, 0.6) is 0 Å². The summed E-state index contributed by atoms with van der Waals surface area (Å²) in [7, 11) is 0. The summed E-state index contributed by atoms with van der Waals surface area (Å²) in [4.78, 5) is 32.9. The molecule has 24 heavy (non-hydrogen) atoms. The van der Waals surface area contributed by atoms with E-state index in [2.05, 4.69) is 25.5 Å². The molecule has 0 unspecified atom stereocenters. The van der Waals surface area contributed by atoms with Crippen LogP contribution in [-0.4, -0.2) is 26.6 Å². The lowest BCUT2D eigenvalue weighted by Gasteiger charge is -2.01. The summed E-state index contributed by atoms with van der Waals surface area (Å²) in [6.07, 6.45) is -0.0236. The van der Waals surface area contributed by atoms with E-state index in [0.29, 0.717) is 11.4 Å². The molecule has 1 amide bonds. The molecule has 3 rings (SSSR count). The lowest BCUT2D eigenvalue weighted by Crippen LogP contribution is -2.23. The molecule has 0 spiro atoms. The number of aromatic amines is 2. The van der Waals surface area contributed by atoms with E-state index in [1.165, 1.54) is 17.4 Å². The van der Waals surface area contributed by atoms with Gasteiger partial charge in [0.15, 0.2) is 4.77 Å². The number of hydrazone groups is 1. The lowest BCUT2D eigenvalue weighted by molar-refractivity contribution is -0.120. The van der Waals surface area contributed by atoms with Crippen molar-refractivity contribution in [3.05, 3.63) is 56.2 Å². The van der Waals surface area contributed by atoms with Gasteiger partial charge in [-0.3, -0.25) is 14.6 Å².